The first kappa shape index (κ1) is 17.8. The van der Waals surface area contributed by atoms with Gasteiger partial charge in [0.25, 0.3) is 5.91 Å². The van der Waals surface area contributed by atoms with Crippen molar-refractivity contribution < 1.29 is 23.5 Å². The first-order valence-electron chi connectivity index (χ1n) is 7.70. The molecular weight excluding hydrogens is 357 g/mol. The van der Waals surface area contributed by atoms with Crippen LogP contribution in [0.2, 0.25) is 0 Å². The molecule has 1 aromatic heterocycles. The van der Waals surface area contributed by atoms with Crippen molar-refractivity contribution in [1.82, 2.24) is 0 Å². The molecule has 0 bridgehead atoms. The summed E-state index contributed by atoms with van der Waals surface area (Å²) < 4.78 is 19.3. The van der Waals surface area contributed by atoms with Gasteiger partial charge in [-0.05, 0) is 37.3 Å². The number of hydrogen-bond donors (Lipinski definition) is 1. The summed E-state index contributed by atoms with van der Waals surface area (Å²) in [6.07, 6.45) is 0. The summed E-state index contributed by atoms with van der Waals surface area (Å²) in [5.41, 5.74) is 0.898. The average molecular weight is 371 g/mol. The number of halogens is 1. The molecule has 0 spiro atoms. The van der Waals surface area contributed by atoms with Crippen LogP contribution >= 0.6 is 11.3 Å². The SMILES string of the molecule is CC(=O)c1cccc(NC(=O)COC(=O)c2cc3c(F)cccc3s2)c1. The van der Waals surface area contributed by atoms with Crippen molar-refractivity contribution in [2.24, 2.45) is 0 Å². The van der Waals surface area contributed by atoms with Gasteiger partial charge in [0.15, 0.2) is 12.4 Å². The Hall–Kier alpha value is -3.06. The number of carbonyl (C=O) groups excluding carboxylic acids is 3. The number of Topliss-reactive ketones (excluding diaryl/α,β-unsaturated/α-hetero) is 1. The second-order valence-corrected chi connectivity index (χ2v) is 6.61. The minimum atomic E-state index is -0.696. The molecule has 3 aromatic rings. The molecule has 0 unspecified atom stereocenters. The molecule has 0 radical (unpaired) electrons. The lowest BCUT2D eigenvalue weighted by molar-refractivity contribution is -0.119. The zero-order valence-electron chi connectivity index (χ0n) is 13.7. The molecule has 0 aliphatic carbocycles. The van der Waals surface area contributed by atoms with Crippen LogP contribution < -0.4 is 5.32 Å². The van der Waals surface area contributed by atoms with Gasteiger partial charge in [-0.3, -0.25) is 9.59 Å². The number of ketones is 1. The molecule has 1 N–H and O–H groups in total. The van der Waals surface area contributed by atoms with Crippen molar-refractivity contribution in [3.8, 4) is 0 Å². The van der Waals surface area contributed by atoms with Gasteiger partial charge in [-0.15, -0.1) is 11.3 Å². The monoisotopic (exact) mass is 371 g/mol. The Morgan fingerprint density at radius 3 is 2.62 bits per heavy atom. The van der Waals surface area contributed by atoms with Crippen molar-refractivity contribution in [3.05, 3.63) is 64.8 Å². The predicted octanol–water partition coefficient (Wildman–Crippen LogP) is 4.04. The van der Waals surface area contributed by atoms with E-state index in [1.54, 1.807) is 30.3 Å². The fourth-order valence-electron chi connectivity index (χ4n) is 2.34. The molecule has 26 heavy (non-hydrogen) atoms. The molecule has 0 saturated heterocycles. The van der Waals surface area contributed by atoms with E-state index in [1.165, 1.54) is 25.1 Å². The summed E-state index contributed by atoms with van der Waals surface area (Å²) in [5.74, 6) is -1.77. The second-order valence-electron chi connectivity index (χ2n) is 5.52. The molecular formula is C19H14FNO4S. The third kappa shape index (κ3) is 3.94. The van der Waals surface area contributed by atoms with E-state index >= 15 is 0 Å². The number of anilines is 1. The first-order chi connectivity index (χ1) is 12.4. The lowest BCUT2D eigenvalue weighted by Crippen LogP contribution is -2.20. The van der Waals surface area contributed by atoms with Crippen LogP contribution in [0.4, 0.5) is 10.1 Å². The van der Waals surface area contributed by atoms with Gasteiger partial charge in [0.2, 0.25) is 0 Å². The molecule has 0 aliphatic heterocycles. The highest BCUT2D eigenvalue weighted by molar-refractivity contribution is 7.20. The number of nitrogens with one attached hydrogen (secondary N) is 1. The number of carbonyl (C=O) groups is 3. The van der Waals surface area contributed by atoms with Crippen molar-refractivity contribution in [3.63, 3.8) is 0 Å². The normalized spacial score (nSPS) is 10.5. The lowest BCUT2D eigenvalue weighted by atomic mass is 10.1. The average Bonchev–Trinajstić information content (AvgIpc) is 3.06. The molecule has 0 atom stereocenters. The number of hydrogen-bond acceptors (Lipinski definition) is 5. The van der Waals surface area contributed by atoms with Crippen LogP contribution in [0.25, 0.3) is 10.1 Å². The summed E-state index contributed by atoms with van der Waals surface area (Å²) in [6, 6.07) is 12.4. The van der Waals surface area contributed by atoms with Crippen LogP contribution in [0, 0.1) is 5.82 Å². The number of fused-ring (bicyclic) bond motifs is 1. The van der Waals surface area contributed by atoms with Gasteiger partial charge >= 0.3 is 5.97 Å². The van der Waals surface area contributed by atoms with E-state index in [4.69, 9.17) is 4.74 Å². The van der Waals surface area contributed by atoms with Crippen LogP contribution in [0.15, 0.2) is 48.5 Å². The maximum absolute atomic E-state index is 13.7. The Morgan fingerprint density at radius 2 is 1.88 bits per heavy atom. The first-order valence-corrected chi connectivity index (χ1v) is 8.52. The van der Waals surface area contributed by atoms with Crippen LogP contribution in [0.5, 0.6) is 0 Å². The molecule has 7 heteroatoms. The summed E-state index contributed by atoms with van der Waals surface area (Å²) in [4.78, 5) is 35.6. The number of thiophene rings is 1. The molecule has 2 aromatic carbocycles. The summed E-state index contributed by atoms with van der Waals surface area (Å²) >= 11 is 1.10. The maximum atomic E-state index is 13.7. The van der Waals surface area contributed by atoms with E-state index in [1.807, 2.05) is 0 Å². The number of ether oxygens (including phenoxy) is 1. The van der Waals surface area contributed by atoms with Crippen molar-refractivity contribution >= 4 is 44.8 Å². The van der Waals surface area contributed by atoms with Crippen LogP contribution in [-0.2, 0) is 9.53 Å². The highest BCUT2D eigenvalue weighted by atomic mass is 32.1. The van der Waals surface area contributed by atoms with Crippen molar-refractivity contribution in [2.75, 3.05) is 11.9 Å². The molecule has 3 rings (SSSR count). The fourth-order valence-corrected chi connectivity index (χ4v) is 3.31. The molecule has 0 saturated carbocycles. The highest BCUT2D eigenvalue weighted by Gasteiger charge is 2.15. The minimum absolute atomic E-state index is 0.121. The minimum Gasteiger partial charge on any atom is -0.451 e. The Bertz CT molecular complexity index is 1010. The Kier molecular flexibility index (Phi) is 5.09. The van der Waals surface area contributed by atoms with E-state index in [2.05, 4.69) is 5.32 Å². The van der Waals surface area contributed by atoms with Crippen molar-refractivity contribution in [1.29, 1.82) is 0 Å². The predicted molar refractivity (Wildman–Crippen MR) is 97.1 cm³/mol. The van der Waals surface area contributed by atoms with Gasteiger partial charge in [0.05, 0.1) is 0 Å². The topological polar surface area (TPSA) is 72.5 Å². The van der Waals surface area contributed by atoms with Gasteiger partial charge in [0, 0.05) is 21.3 Å². The van der Waals surface area contributed by atoms with E-state index < -0.39 is 24.3 Å². The standard InChI is InChI=1S/C19H14FNO4S/c1-11(22)12-4-2-5-13(8-12)21-18(23)10-25-19(24)17-9-14-15(20)6-3-7-16(14)26-17/h2-9H,10H2,1H3,(H,21,23). The molecule has 132 valence electrons. The van der Waals surface area contributed by atoms with Gasteiger partial charge < -0.3 is 10.1 Å². The largest absolute Gasteiger partial charge is 0.451 e. The van der Waals surface area contributed by atoms with Crippen LogP contribution in [-0.4, -0.2) is 24.3 Å². The number of benzene rings is 2. The summed E-state index contributed by atoms with van der Waals surface area (Å²) in [7, 11) is 0. The molecule has 5 nitrogen and oxygen atoms in total. The smallest absolute Gasteiger partial charge is 0.348 e. The Morgan fingerprint density at radius 1 is 1.12 bits per heavy atom. The molecule has 0 aliphatic rings. The van der Waals surface area contributed by atoms with Gasteiger partial charge in [-0.25, -0.2) is 9.18 Å². The van der Waals surface area contributed by atoms with E-state index in [0.29, 0.717) is 21.3 Å². The van der Waals surface area contributed by atoms with E-state index in [-0.39, 0.29) is 10.7 Å². The van der Waals surface area contributed by atoms with Gasteiger partial charge in [0.1, 0.15) is 10.7 Å². The van der Waals surface area contributed by atoms with Crippen LogP contribution in [0.3, 0.4) is 0 Å². The highest BCUT2D eigenvalue weighted by Crippen LogP contribution is 2.28. The summed E-state index contributed by atoms with van der Waals surface area (Å²) in [6.45, 7) is 0.941. The molecule has 1 amide bonds. The van der Waals surface area contributed by atoms with Gasteiger partial charge in [-0.1, -0.05) is 18.2 Å². The Balaban J connectivity index is 1.61. The Labute approximate surface area is 152 Å². The van der Waals surface area contributed by atoms with Crippen molar-refractivity contribution in [2.45, 2.75) is 6.92 Å². The third-order valence-electron chi connectivity index (χ3n) is 3.60. The fraction of sp³-hybridized carbons (Fsp3) is 0.105. The maximum Gasteiger partial charge on any atom is 0.348 e. The van der Waals surface area contributed by atoms with E-state index in [0.717, 1.165) is 11.3 Å². The number of esters is 1. The molecule has 0 fully saturated rings. The van der Waals surface area contributed by atoms with Crippen LogP contribution in [0.1, 0.15) is 27.0 Å². The van der Waals surface area contributed by atoms with Gasteiger partial charge in [-0.2, -0.15) is 0 Å². The zero-order chi connectivity index (χ0) is 18.7. The number of amides is 1. The zero-order valence-corrected chi connectivity index (χ0v) is 14.6. The van der Waals surface area contributed by atoms with E-state index in [9.17, 15) is 18.8 Å². The lowest BCUT2D eigenvalue weighted by Gasteiger charge is -2.07. The second kappa shape index (κ2) is 7.45. The number of rotatable bonds is 5. The summed E-state index contributed by atoms with van der Waals surface area (Å²) in [5, 5.41) is 2.90. The third-order valence-corrected chi connectivity index (χ3v) is 4.68. The molecule has 1 heterocycles. The quantitative estimate of drug-likeness (QED) is 0.543.